The molecule has 0 fully saturated rings. The van der Waals surface area contributed by atoms with Crippen molar-refractivity contribution >= 4 is 17.9 Å². The van der Waals surface area contributed by atoms with Crippen LogP contribution < -0.4 is 5.11 Å². The number of unbranched alkanes of at least 4 members (excludes halogenated alkanes) is 45. The quantitative estimate of drug-likeness (QED) is 0.0256. The summed E-state index contributed by atoms with van der Waals surface area (Å²) in [7, 11) is 5.94. The predicted octanol–water partition coefficient (Wildman–Crippen LogP) is 17.4. The highest BCUT2D eigenvalue weighted by molar-refractivity contribution is 5.70. The molecule has 428 valence electrons. The smallest absolute Gasteiger partial charge is 0.306 e. The number of carbonyl (C=O) groups is 3. The van der Waals surface area contributed by atoms with Crippen molar-refractivity contribution in [1.29, 1.82) is 0 Å². The average molecular weight is 1020 g/mol. The van der Waals surface area contributed by atoms with Crippen LogP contribution in [0.5, 0.6) is 0 Å². The Hall–Kier alpha value is -1.71. The average Bonchev–Trinajstić information content (AvgIpc) is 3.35. The zero-order valence-electron chi connectivity index (χ0n) is 48.8. The van der Waals surface area contributed by atoms with E-state index in [0.29, 0.717) is 17.4 Å². The van der Waals surface area contributed by atoms with E-state index in [1.165, 1.54) is 263 Å². The predicted molar refractivity (Wildman–Crippen MR) is 302 cm³/mol. The van der Waals surface area contributed by atoms with Crippen LogP contribution in [0.15, 0.2) is 0 Å². The number of carboxylic acid groups (broad SMARTS) is 1. The SMILES string of the molecule is CCCCCCCCCCCCCCCCCCCCCCCCCCCCC(=O)OC(COC(=O)CCCCCCCCCCCCCCCCCCCCCCC)COC(OCC[N+](C)(C)C)C(=O)[O-]. The number of ether oxygens (including phenoxy) is 4. The summed E-state index contributed by atoms with van der Waals surface area (Å²) >= 11 is 0. The zero-order valence-corrected chi connectivity index (χ0v) is 48.8. The van der Waals surface area contributed by atoms with Gasteiger partial charge in [-0.2, -0.15) is 0 Å². The molecule has 2 unspecified atom stereocenters. The van der Waals surface area contributed by atoms with E-state index in [0.717, 1.165) is 38.5 Å². The van der Waals surface area contributed by atoms with Crippen LogP contribution in [-0.4, -0.2) is 82.3 Å². The Bertz CT molecular complexity index is 1140. The molecule has 0 aliphatic heterocycles. The fourth-order valence-corrected chi connectivity index (χ4v) is 9.72. The number of rotatable bonds is 60. The molecule has 0 aromatic rings. The van der Waals surface area contributed by atoms with Gasteiger partial charge in [0.25, 0.3) is 0 Å². The minimum Gasteiger partial charge on any atom is -0.545 e. The third-order valence-corrected chi connectivity index (χ3v) is 14.6. The van der Waals surface area contributed by atoms with Crippen LogP contribution >= 0.6 is 0 Å². The number of quaternary nitrogens is 1. The summed E-state index contributed by atoms with van der Waals surface area (Å²) in [5.41, 5.74) is 0. The van der Waals surface area contributed by atoms with Gasteiger partial charge in [0.05, 0.1) is 40.3 Å². The van der Waals surface area contributed by atoms with Gasteiger partial charge in [-0.1, -0.05) is 303 Å². The third kappa shape index (κ3) is 56.0. The minimum absolute atomic E-state index is 0.153. The molecule has 0 aliphatic rings. The molecule has 72 heavy (non-hydrogen) atoms. The monoisotopic (exact) mass is 1020 g/mol. The molecule has 9 heteroatoms. The van der Waals surface area contributed by atoms with Crippen molar-refractivity contribution in [3.8, 4) is 0 Å². The molecule has 0 aromatic heterocycles. The Balaban J connectivity index is 4.12. The first-order valence-electron chi connectivity index (χ1n) is 31.7. The first-order chi connectivity index (χ1) is 35.1. The van der Waals surface area contributed by atoms with Crippen molar-refractivity contribution in [3.63, 3.8) is 0 Å². The Kier molecular flexibility index (Phi) is 54.2. The summed E-state index contributed by atoms with van der Waals surface area (Å²) in [4.78, 5) is 37.4. The van der Waals surface area contributed by atoms with Crippen LogP contribution in [0.3, 0.4) is 0 Å². The van der Waals surface area contributed by atoms with E-state index >= 15 is 0 Å². The first-order valence-corrected chi connectivity index (χ1v) is 31.7. The summed E-state index contributed by atoms with van der Waals surface area (Å²) in [6, 6.07) is 0. The molecule has 0 aliphatic carbocycles. The van der Waals surface area contributed by atoms with Gasteiger partial charge in [-0.3, -0.25) is 9.59 Å². The van der Waals surface area contributed by atoms with E-state index in [1.54, 1.807) is 0 Å². The van der Waals surface area contributed by atoms with Crippen LogP contribution in [0.4, 0.5) is 0 Å². The van der Waals surface area contributed by atoms with Crippen LogP contribution in [0.2, 0.25) is 0 Å². The molecule has 0 rings (SSSR count). The standard InChI is InChI=1S/C63H123NO8/c1-6-8-10-12-14-16-18-20-22-24-26-28-29-30-31-32-34-36-38-40-42-44-46-48-50-52-54-61(66)72-59(58-71-63(62(67)68)69-56-55-64(3,4)5)57-70-60(65)53-51-49-47-45-43-41-39-37-35-33-27-25-23-21-19-17-15-13-11-9-7-2/h59,63H,6-58H2,1-5H3. The molecular weight excluding hydrogens is 899 g/mol. The number of nitrogens with zero attached hydrogens (tertiary/aromatic N) is 1. The van der Waals surface area contributed by atoms with Gasteiger partial charge in [0, 0.05) is 12.8 Å². The second-order valence-corrected chi connectivity index (χ2v) is 23.1. The normalized spacial score (nSPS) is 12.6. The molecule has 0 aromatic carbocycles. The maximum Gasteiger partial charge on any atom is 0.306 e. The van der Waals surface area contributed by atoms with Crippen molar-refractivity contribution in [3.05, 3.63) is 0 Å². The van der Waals surface area contributed by atoms with Gasteiger partial charge in [-0.25, -0.2) is 0 Å². The van der Waals surface area contributed by atoms with Gasteiger partial charge < -0.3 is 33.3 Å². The number of esters is 2. The maximum atomic E-state index is 12.9. The highest BCUT2D eigenvalue weighted by Gasteiger charge is 2.22. The number of likely N-dealkylation sites (N-methyl/N-ethyl adjacent to an activating group) is 1. The number of carbonyl (C=O) groups excluding carboxylic acids is 3. The molecule has 0 saturated heterocycles. The lowest BCUT2D eigenvalue weighted by atomic mass is 10.0. The van der Waals surface area contributed by atoms with E-state index in [2.05, 4.69) is 13.8 Å². The van der Waals surface area contributed by atoms with Crippen LogP contribution in [-0.2, 0) is 33.3 Å². The highest BCUT2D eigenvalue weighted by Crippen LogP contribution is 2.19. The second-order valence-electron chi connectivity index (χ2n) is 23.1. The molecule has 0 spiro atoms. The van der Waals surface area contributed by atoms with Gasteiger partial charge in [0.1, 0.15) is 13.2 Å². The lowest BCUT2D eigenvalue weighted by Gasteiger charge is -2.26. The highest BCUT2D eigenvalue weighted by atomic mass is 16.7. The van der Waals surface area contributed by atoms with Crippen molar-refractivity contribution in [2.75, 3.05) is 47.5 Å². The topological polar surface area (TPSA) is 111 Å². The number of carboxylic acids is 1. The Morgan fingerprint density at radius 1 is 0.361 bits per heavy atom. The summed E-state index contributed by atoms with van der Waals surface area (Å²) in [6.07, 6.45) is 60.2. The fraction of sp³-hybridized carbons (Fsp3) is 0.952. The molecule has 2 atom stereocenters. The zero-order chi connectivity index (χ0) is 52.7. The summed E-state index contributed by atoms with van der Waals surface area (Å²) in [5.74, 6) is -2.25. The molecule has 0 saturated carbocycles. The third-order valence-electron chi connectivity index (χ3n) is 14.6. The molecule has 0 amide bonds. The van der Waals surface area contributed by atoms with Gasteiger partial charge in [-0.05, 0) is 12.8 Å². The van der Waals surface area contributed by atoms with Gasteiger partial charge in [0.15, 0.2) is 12.4 Å². The molecular formula is C63H123NO8. The van der Waals surface area contributed by atoms with Crippen LogP contribution in [0.25, 0.3) is 0 Å². The van der Waals surface area contributed by atoms with Crippen molar-refractivity contribution in [2.45, 2.75) is 341 Å². The van der Waals surface area contributed by atoms with Gasteiger partial charge in [-0.15, -0.1) is 0 Å². The first kappa shape index (κ1) is 70.3. The molecule has 9 nitrogen and oxygen atoms in total. The number of hydrogen-bond donors (Lipinski definition) is 0. The van der Waals surface area contributed by atoms with E-state index in [4.69, 9.17) is 18.9 Å². The van der Waals surface area contributed by atoms with E-state index in [1.807, 2.05) is 21.1 Å². The van der Waals surface area contributed by atoms with Crippen molar-refractivity contribution in [1.82, 2.24) is 0 Å². The summed E-state index contributed by atoms with van der Waals surface area (Å²) < 4.78 is 22.8. The maximum absolute atomic E-state index is 12.9. The lowest BCUT2D eigenvalue weighted by Crippen LogP contribution is -2.44. The van der Waals surface area contributed by atoms with Crippen LogP contribution in [0.1, 0.15) is 328 Å². The molecule has 0 N–H and O–H groups in total. The summed E-state index contributed by atoms with van der Waals surface area (Å²) in [5, 5.41) is 11.8. The van der Waals surface area contributed by atoms with Gasteiger partial charge >= 0.3 is 11.9 Å². The molecule has 0 heterocycles. The second kappa shape index (κ2) is 55.5. The van der Waals surface area contributed by atoms with E-state index in [9.17, 15) is 19.5 Å². The summed E-state index contributed by atoms with van der Waals surface area (Å²) in [6.45, 7) is 4.83. The Labute approximate surface area is 447 Å². The number of aliphatic carboxylic acids is 1. The van der Waals surface area contributed by atoms with E-state index in [-0.39, 0.29) is 32.2 Å². The fourth-order valence-electron chi connectivity index (χ4n) is 9.72. The number of hydrogen-bond acceptors (Lipinski definition) is 8. The lowest BCUT2D eigenvalue weighted by molar-refractivity contribution is -0.870. The molecule has 0 bridgehead atoms. The molecule has 0 radical (unpaired) electrons. The minimum atomic E-state index is -1.61. The van der Waals surface area contributed by atoms with Crippen molar-refractivity contribution < 1.29 is 42.9 Å². The van der Waals surface area contributed by atoms with E-state index < -0.39 is 24.3 Å². The van der Waals surface area contributed by atoms with Crippen LogP contribution in [0, 0.1) is 0 Å². The van der Waals surface area contributed by atoms with Gasteiger partial charge in [0.2, 0.25) is 0 Å². The Morgan fingerprint density at radius 3 is 0.889 bits per heavy atom. The Morgan fingerprint density at radius 2 is 0.625 bits per heavy atom. The van der Waals surface area contributed by atoms with Crippen molar-refractivity contribution in [2.24, 2.45) is 0 Å². The largest absolute Gasteiger partial charge is 0.545 e.